The number of halogens is 1. The molecule has 3 heterocycles. The van der Waals surface area contributed by atoms with Crippen LogP contribution in [0, 0.1) is 17.1 Å². The van der Waals surface area contributed by atoms with Crippen LogP contribution in [0.25, 0.3) is 10.2 Å². The lowest BCUT2D eigenvalue weighted by molar-refractivity contribution is -0.0433. The fourth-order valence-electron chi connectivity index (χ4n) is 5.28. The smallest absolute Gasteiger partial charge is 0.251 e. The van der Waals surface area contributed by atoms with Gasteiger partial charge >= 0.3 is 0 Å². The minimum Gasteiger partial charge on any atom is -0.473 e. The second kappa shape index (κ2) is 14.2. The molecule has 5 rings (SSSR count). The molecule has 1 aliphatic heterocycles. The monoisotopic (exact) mass is 643 g/mol. The number of likely N-dealkylation sites (tertiary alicyclic amines) is 1. The third-order valence-electron chi connectivity index (χ3n) is 8.49. The summed E-state index contributed by atoms with van der Waals surface area (Å²) in [6.45, 7) is 13.2. The molecule has 0 spiro atoms. The van der Waals surface area contributed by atoms with E-state index in [-0.39, 0.29) is 23.7 Å². The molecule has 1 aliphatic rings. The molecule has 46 heavy (non-hydrogen) atoms. The Labute approximate surface area is 274 Å². The Morgan fingerprint density at radius 2 is 1.89 bits per heavy atom. The number of ether oxygens (including phenoxy) is 2. The van der Waals surface area contributed by atoms with Crippen LogP contribution in [0.15, 0.2) is 54.6 Å². The molecular formula is C36H42FN5O3S. The molecule has 1 N–H and O–H groups in total. The van der Waals surface area contributed by atoms with Crippen molar-refractivity contribution in [1.29, 1.82) is 5.26 Å². The van der Waals surface area contributed by atoms with Gasteiger partial charge in [0.15, 0.2) is 0 Å². The first-order chi connectivity index (χ1) is 21.9. The maximum atomic E-state index is 14.3. The van der Waals surface area contributed by atoms with Gasteiger partial charge in [0.05, 0.1) is 46.1 Å². The third-order valence-corrected chi connectivity index (χ3v) is 9.49. The first-order valence-corrected chi connectivity index (χ1v) is 16.6. The molecule has 8 nitrogen and oxygen atoms in total. The molecule has 4 aromatic rings. The van der Waals surface area contributed by atoms with Crippen molar-refractivity contribution < 1.29 is 18.7 Å². The van der Waals surface area contributed by atoms with Gasteiger partial charge in [-0.15, -0.1) is 11.3 Å². The molecule has 2 aromatic carbocycles. The molecule has 0 radical (unpaired) electrons. The minimum absolute atomic E-state index is 0.0469. The highest BCUT2D eigenvalue weighted by Gasteiger charge is 2.27. The van der Waals surface area contributed by atoms with E-state index in [1.807, 2.05) is 50.2 Å². The number of nitriles is 1. The van der Waals surface area contributed by atoms with Crippen molar-refractivity contribution in [3.63, 3.8) is 0 Å². The van der Waals surface area contributed by atoms with Crippen LogP contribution in [0.2, 0.25) is 0 Å². The van der Waals surface area contributed by atoms with Gasteiger partial charge in [0, 0.05) is 28.8 Å². The molecule has 1 saturated heterocycles. The molecule has 2 aromatic heterocycles. The second-order valence-electron chi connectivity index (χ2n) is 13.2. The SMILES string of the molecule is CCC(C)(C)OCC(C)(C)NC(=O)c1ccc2nc(CN3CCC(c4cccc(OCc5ccc(C#N)cc5F)n4)CC3)sc2c1. The Bertz CT molecular complexity index is 1720. The predicted octanol–water partition coefficient (Wildman–Crippen LogP) is 7.37. The van der Waals surface area contributed by atoms with Gasteiger partial charge in [-0.2, -0.15) is 5.26 Å². The summed E-state index contributed by atoms with van der Waals surface area (Å²) < 4.78 is 27.1. The van der Waals surface area contributed by atoms with Crippen LogP contribution in [0.4, 0.5) is 4.39 Å². The number of pyridine rings is 1. The van der Waals surface area contributed by atoms with E-state index >= 15 is 0 Å². The van der Waals surface area contributed by atoms with Crippen molar-refractivity contribution in [2.75, 3.05) is 19.7 Å². The average molecular weight is 644 g/mol. The van der Waals surface area contributed by atoms with Gasteiger partial charge in [-0.25, -0.2) is 14.4 Å². The quantitative estimate of drug-likeness (QED) is 0.172. The number of aromatic nitrogens is 2. The number of carbonyl (C=O) groups is 1. The standard InChI is InChI=1S/C36H42FN5O3S/c1-6-36(4,5)45-23-35(2,3)41-34(43)26-12-13-30-31(19-26)46-33(40-30)21-42-16-14-25(15-17-42)29-8-7-9-32(39-29)44-22-27-11-10-24(20-38)18-28(27)37/h7-13,18-19,25H,6,14-17,21-23H2,1-5H3,(H,41,43). The maximum absolute atomic E-state index is 14.3. The number of fused-ring (bicyclic) bond motifs is 1. The van der Waals surface area contributed by atoms with Crippen LogP contribution in [0.1, 0.15) is 92.0 Å². The number of hydrogen-bond donors (Lipinski definition) is 1. The van der Waals surface area contributed by atoms with Crippen LogP contribution < -0.4 is 10.1 Å². The van der Waals surface area contributed by atoms with Crippen molar-refractivity contribution in [2.24, 2.45) is 0 Å². The number of nitrogens with one attached hydrogen (secondary N) is 1. The van der Waals surface area contributed by atoms with Gasteiger partial charge in [-0.1, -0.05) is 19.1 Å². The van der Waals surface area contributed by atoms with E-state index in [2.05, 4.69) is 31.0 Å². The Morgan fingerprint density at radius 1 is 1.11 bits per heavy atom. The van der Waals surface area contributed by atoms with Crippen LogP contribution in [-0.4, -0.2) is 51.6 Å². The Morgan fingerprint density at radius 3 is 2.61 bits per heavy atom. The van der Waals surface area contributed by atoms with Crippen molar-refractivity contribution in [3.8, 4) is 11.9 Å². The van der Waals surface area contributed by atoms with E-state index < -0.39 is 11.4 Å². The Hall–Kier alpha value is -3.91. The van der Waals surface area contributed by atoms with Gasteiger partial charge in [0.25, 0.3) is 5.91 Å². The number of amides is 1. The molecule has 10 heteroatoms. The zero-order chi connectivity index (χ0) is 32.9. The van der Waals surface area contributed by atoms with E-state index in [9.17, 15) is 9.18 Å². The first-order valence-electron chi connectivity index (χ1n) is 15.8. The number of piperidine rings is 1. The lowest BCUT2D eigenvalue weighted by Crippen LogP contribution is -2.48. The van der Waals surface area contributed by atoms with Crippen molar-refractivity contribution >= 4 is 27.5 Å². The molecule has 0 saturated carbocycles. The zero-order valence-electron chi connectivity index (χ0n) is 27.2. The Balaban J connectivity index is 1.13. The average Bonchev–Trinajstić information content (AvgIpc) is 3.45. The van der Waals surface area contributed by atoms with Crippen molar-refractivity contribution in [3.05, 3.63) is 87.8 Å². The summed E-state index contributed by atoms with van der Waals surface area (Å²) in [6.07, 6.45) is 2.82. The number of rotatable bonds is 12. The minimum atomic E-state index is -0.501. The summed E-state index contributed by atoms with van der Waals surface area (Å²) in [4.78, 5) is 25.1. The molecule has 242 valence electrons. The summed E-state index contributed by atoms with van der Waals surface area (Å²) in [6, 6.07) is 17.7. The first kappa shape index (κ1) is 33.5. The highest BCUT2D eigenvalue weighted by molar-refractivity contribution is 7.18. The van der Waals surface area contributed by atoms with E-state index in [1.165, 1.54) is 6.07 Å². The molecular weight excluding hydrogens is 601 g/mol. The number of carbonyl (C=O) groups excluding carboxylic acids is 1. The number of hydrogen-bond acceptors (Lipinski definition) is 8. The van der Waals surface area contributed by atoms with E-state index in [0.717, 1.165) is 59.8 Å². The van der Waals surface area contributed by atoms with Gasteiger partial charge in [-0.3, -0.25) is 9.69 Å². The van der Waals surface area contributed by atoms with Gasteiger partial charge in [0.1, 0.15) is 17.4 Å². The van der Waals surface area contributed by atoms with Crippen LogP contribution in [-0.2, 0) is 17.9 Å². The number of nitrogens with zero attached hydrogens (tertiary/aromatic N) is 4. The molecule has 0 unspecified atom stereocenters. The van der Waals surface area contributed by atoms with Gasteiger partial charge < -0.3 is 14.8 Å². The van der Waals surface area contributed by atoms with Crippen LogP contribution in [0.5, 0.6) is 5.88 Å². The normalized spacial score (nSPS) is 14.7. The fourth-order valence-corrected chi connectivity index (χ4v) is 6.33. The zero-order valence-corrected chi connectivity index (χ0v) is 28.0. The fraction of sp³-hybridized carbons (Fsp3) is 0.444. The largest absolute Gasteiger partial charge is 0.473 e. The topological polar surface area (TPSA) is 100 Å². The maximum Gasteiger partial charge on any atom is 0.251 e. The Kier molecular flexibility index (Phi) is 10.4. The van der Waals surface area contributed by atoms with Crippen molar-refractivity contribution in [2.45, 2.75) is 84.1 Å². The predicted molar refractivity (Wildman–Crippen MR) is 178 cm³/mol. The highest BCUT2D eigenvalue weighted by atomic mass is 32.1. The summed E-state index contributed by atoms with van der Waals surface area (Å²) in [5, 5.41) is 13.1. The molecule has 0 aliphatic carbocycles. The van der Waals surface area contributed by atoms with Crippen LogP contribution >= 0.6 is 11.3 Å². The number of benzene rings is 2. The highest BCUT2D eigenvalue weighted by Crippen LogP contribution is 2.31. The molecule has 1 fully saturated rings. The van der Waals surface area contributed by atoms with Gasteiger partial charge in [-0.05, 0) is 96.4 Å². The second-order valence-corrected chi connectivity index (χ2v) is 14.3. The van der Waals surface area contributed by atoms with E-state index in [0.29, 0.717) is 29.5 Å². The van der Waals surface area contributed by atoms with Gasteiger partial charge in [0.2, 0.25) is 5.88 Å². The molecule has 1 amide bonds. The summed E-state index contributed by atoms with van der Waals surface area (Å²) in [5.74, 6) is 0.194. The summed E-state index contributed by atoms with van der Waals surface area (Å²) in [5.41, 5.74) is 2.43. The van der Waals surface area contributed by atoms with E-state index in [1.54, 1.807) is 29.5 Å². The lowest BCUT2D eigenvalue weighted by atomic mass is 9.93. The van der Waals surface area contributed by atoms with Crippen LogP contribution in [0.3, 0.4) is 0 Å². The third kappa shape index (κ3) is 8.66. The number of thiazole rings is 1. The summed E-state index contributed by atoms with van der Waals surface area (Å²) in [7, 11) is 0. The molecule has 0 bridgehead atoms. The lowest BCUT2D eigenvalue weighted by Gasteiger charge is -2.32. The molecule has 0 atom stereocenters. The van der Waals surface area contributed by atoms with Crippen molar-refractivity contribution in [1.82, 2.24) is 20.2 Å². The van der Waals surface area contributed by atoms with E-state index in [4.69, 9.17) is 24.7 Å². The summed E-state index contributed by atoms with van der Waals surface area (Å²) >= 11 is 1.63.